The Kier molecular flexibility index (Phi) is 7.46. The highest BCUT2D eigenvalue weighted by Gasteiger charge is 2.18. The quantitative estimate of drug-likeness (QED) is 0.743. The fourth-order valence-corrected chi connectivity index (χ4v) is 2.56. The molecule has 2 heteroatoms. The zero-order chi connectivity index (χ0) is 14.4. The summed E-state index contributed by atoms with van der Waals surface area (Å²) < 4.78 is 0. The summed E-state index contributed by atoms with van der Waals surface area (Å²) in [5.74, 6) is 0. The Labute approximate surface area is 116 Å². The Morgan fingerprint density at radius 1 is 0.833 bits per heavy atom. The first kappa shape index (κ1) is 17.9. The van der Waals surface area contributed by atoms with Crippen molar-refractivity contribution in [2.45, 2.75) is 54.4 Å². The van der Waals surface area contributed by atoms with Gasteiger partial charge in [0.2, 0.25) is 0 Å². The minimum absolute atomic E-state index is 0.448. The normalized spacial score (nSPS) is 17.8. The molecule has 0 amide bonds. The van der Waals surface area contributed by atoms with Crippen LogP contribution >= 0.6 is 0 Å². The van der Waals surface area contributed by atoms with Crippen molar-refractivity contribution in [3.05, 3.63) is 0 Å². The van der Waals surface area contributed by atoms with Crippen LogP contribution in [-0.4, -0.2) is 50.1 Å². The van der Waals surface area contributed by atoms with Crippen molar-refractivity contribution in [1.29, 1.82) is 0 Å². The molecule has 1 saturated heterocycles. The molecule has 110 valence electrons. The van der Waals surface area contributed by atoms with Crippen LogP contribution in [0.1, 0.15) is 54.4 Å². The summed E-state index contributed by atoms with van der Waals surface area (Å²) in [7, 11) is 4.20. The number of hydrogen-bond donors (Lipinski definition) is 0. The molecule has 0 bridgehead atoms. The first-order valence-corrected chi connectivity index (χ1v) is 7.37. The van der Waals surface area contributed by atoms with E-state index in [1.807, 2.05) is 0 Å². The molecular weight excluding hydrogens is 220 g/mol. The molecule has 1 fully saturated rings. The lowest BCUT2D eigenvalue weighted by molar-refractivity contribution is 0.227. The summed E-state index contributed by atoms with van der Waals surface area (Å²) in [6.45, 7) is 18.8. The Bertz CT molecular complexity index is 202. The van der Waals surface area contributed by atoms with Gasteiger partial charge in [-0.1, -0.05) is 41.5 Å². The lowest BCUT2D eigenvalue weighted by Gasteiger charge is -2.25. The van der Waals surface area contributed by atoms with Crippen LogP contribution < -0.4 is 0 Å². The SMILES string of the molecule is CC(C)(C)CN1CCCC1.CN(C)CC(C)(C)C. The maximum absolute atomic E-state index is 2.57. The van der Waals surface area contributed by atoms with Gasteiger partial charge < -0.3 is 9.80 Å². The zero-order valence-electron chi connectivity index (χ0n) is 14.1. The van der Waals surface area contributed by atoms with Crippen molar-refractivity contribution in [2.75, 3.05) is 40.3 Å². The van der Waals surface area contributed by atoms with E-state index in [2.05, 4.69) is 65.4 Å². The van der Waals surface area contributed by atoms with E-state index in [0.29, 0.717) is 10.8 Å². The summed E-state index contributed by atoms with van der Waals surface area (Å²) in [5, 5.41) is 0. The van der Waals surface area contributed by atoms with E-state index >= 15 is 0 Å². The minimum Gasteiger partial charge on any atom is -0.309 e. The van der Waals surface area contributed by atoms with Crippen LogP contribution in [0, 0.1) is 10.8 Å². The zero-order valence-corrected chi connectivity index (χ0v) is 14.1. The van der Waals surface area contributed by atoms with Crippen LogP contribution in [0.15, 0.2) is 0 Å². The molecule has 0 N–H and O–H groups in total. The predicted octanol–water partition coefficient (Wildman–Crippen LogP) is 3.72. The van der Waals surface area contributed by atoms with Gasteiger partial charge in [-0.2, -0.15) is 0 Å². The number of hydrogen-bond acceptors (Lipinski definition) is 2. The molecule has 1 aliphatic rings. The standard InChI is InChI=1S/C9H19N.C7H17N/c1-9(2,3)8-10-6-4-5-7-10;1-7(2,3)6-8(4)5/h4-8H2,1-3H3;6H2,1-5H3. The topological polar surface area (TPSA) is 6.48 Å². The second-order valence-electron chi connectivity index (χ2n) is 8.34. The van der Waals surface area contributed by atoms with E-state index in [0.717, 1.165) is 6.54 Å². The molecule has 18 heavy (non-hydrogen) atoms. The first-order chi connectivity index (χ1) is 7.99. The molecular formula is C16H36N2. The molecule has 0 atom stereocenters. The van der Waals surface area contributed by atoms with E-state index < -0.39 is 0 Å². The van der Waals surface area contributed by atoms with Gasteiger partial charge in [0.25, 0.3) is 0 Å². The number of likely N-dealkylation sites (tertiary alicyclic amines) is 1. The third-order valence-electron chi connectivity index (χ3n) is 2.69. The Balaban J connectivity index is 0.000000331. The van der Waals surface area contributed by atoms with Gasteiger partial charge in [0, 0.05) is 13.1 Å². The van der Waals surface area contributed by atoms with Gasteiger partial charge in [-0.3, -0.25) is 0 Å². The smallest absolute Gasteiger partial charge is 0.00300 e. The first-order valence-electron chi connectivity index (χ1n) is 7.37. The molecule has 0 aromatic carbocycles. The third kappa shape index (κ3) is 12.4. The molecule has 1 aliphatic heterocycles. The molecule has 0 aliphatic carbocycles. The molecule has 0 aromatic rings. The van der Waals surface area contributed by atoms with Crippen LogP contribution in [-0.2, 0) is 0 Å². The highest BCUT2D eigenvalue weighted by Crippen LogP contribution is 2.18. The molecule has 1 rings (SSSR count). The molecule has 0 spiro atoms. The summed E-state index contributed by atoms with van der Waals surface area (Å²) in [4.78, 5) is 4.78. The highest BCUT2D eigenvalue weighted by molar-refractivity contribution is 4.72. The second-order valence-corrected chi connectivity index (χ2v) is 8.34. The minimum atomic E-state index is 0.448. The van der Waals surface area contributed by atoms with Gasteiger partial charge >= 0.3 is 0 Å². The molecule has 1 heterocycles. The molecule has 0 aromatic heterocycles. The van der Waals surface area contributed by atoms with E-state index in [4.69, 9.17) is 0 Å². The second kappa shape index (κ2) is 7.49. The van der Waals surface area contributed by atoms with Crippen molar-refractivity contribution >= 4 is 0 Å². The van der Waals surface area contributed by atoms with Crippen molar-refractivity contribution in [3.63, 3.8) is 0 Å². The molecule has 2 nitrogen and oxygen atoms in total. The molecule has 0 saturated carbocycles. The lowest BCUT2D eigenvalue weighted by atomic mass is 9.96. The maximum Gasteiger partial charge on any atom is 0.00300 e. The summed E-state index contributed by atoms with van der Waals surface area (Å²) in [6.07, 6.45) is 2.83. The Hall–Kier alpha value is -0.0800. The van der Waals surface area contributed by atoms with Crippen molar-refractivity contribution in [3.8, 4) is 0 Å². The van der Waals surface area contributed by atoms with Gasteiger partial charge in [-0.25, -0.2) is 0 Å². The Morgan fingerprint density at radius 2 is 1.28 bits per heavy atom. The van der Waals surface area contributed by atoms with E-state index in [1.54, 1.807) is 0 Å². The van der Waals surface area contributed by atoms with Gasteiger partial charge in [0.1, 0.15) is 0 Å². The highest BCUT2D eigenvalue weighted by atomic mass is 15.1. The third-order valence-corrected chi connectivity index (χ3v) is 2.69. The van der Waals surface area contributed by atoms with Gasteiger partial charge in [-0.15, -0.1) is 0 Å². The number of rotatable bonds is 2. The average Bonchev–Trinajstić information content (AvgIpc) is 2.48. The monoisotopic (exact) mass is 256 g/mol. The fourth-order valence-electron chi connectivity index (χ4n) is 2.56. The summed E-state index contributed by atoms with van der Waals surface area (Å²) in [5.41, 5.74) is 0.938. The van der Waals surface area contributed by atoms with Crippen LogP contribution in [0.5, 0.6) is 0 Å². The average molecular weight is 256 g/mol. The van der Waals surface area contributed by atoms with Crippen LogP contribution in [0.3, 0.4) is 0 Å². The van der Waals surface area contributed by atoms with E-state index in [9.17, 15) is 0 Å². The molecule has 0 radical (unpaired) electrons. The predicted molar refractivity (Wildman–Crippen MR) is 83.1 cm³/mol. The van der Waals surface area contributed by atoms with E-state index in [-0.39, 0.29) is 0 Å². The largest absolute Gasteiger partial charge is 0.309 e. The van der Waals surface area contributed by atoms with E-state index in [1.165, 1.54) is 32.5 Å². The number of nitrogens with zero attached hydrogens (tertiary/aromatic N) is 2. The fraction of sp³-hybridized carbons (Fsp3) is 1.00. The van der Waals surface area contributed by atoms with Crippen molar-refractivity contribution < 1.29 is 0 Å². The van der Waals surface area contributed by atoms with Gasteiger partial charge in [0.05, 0.1) is 0 Å². The van der Waals surface area contributed by atoms with Gasteiger partial charge in [0.15, 0.2) is 0 Å². The molecule has 0 unspecified atom stereocenters. The van der Waals surface area contributed by atoms with Crippen molar-refractivity contribution in [2.24, 2.45) is 10.8 Å². The lowest BCUT2D eigenvalue weighted by Crippen LogP contribution is -2.29. The maximum atomic E-state index is 2.57. The van der Waals surface area contributed by atoms with Crippen LogP contribution in [0.2, 0.25) is 0 Å². The Morgan fingerprint density at radius 3 is 1.50 bits per heavy atom. The summed E-state index contributed by atoms with van der Waals surface area (Å²) >= 11 is 0. The van der Waals surface area contributed by atoms with Crippen LogP contribution in [0.25, 0.3) is 0 Å². The van der Waals surface area contributed by atoms with Crippen LogP contribution in [0.4, 0.5) is 0 Å². The van der Waals surface area contributed by atoms with Gasteiger partial charge in [-0.05, 0) is 50.9 Å². The summed E-state index contributed by atoms with van der Waals surface area (Å²) in [6, 6.07) is 0. The van der Waals surface area contributed by atoms with Crippen molar-refractivity contribution in [1.82, 2.24) is 9.80 Å².